The van der Waals surface area contributed by atoms with Gasteiger partial charge in [0.15, 0.2) is 0 Å². The number of nitrogens with one attached hydrogen (secondary N) is 3. The van der Waals surface area contributed by atoms with Gasteiger partial charge in [-0.15, -0.1) is 0 Å². The van der Waals surface area contributed by atoms with Crippen molar-refractivity contribution in [3.8, 4) is 0 Å². The molecular formula is C21H24N4O5. The van der Waals surface area contributed by atoms with E-state index >= 15 is 0 Å². The molecule has 2 heterocycles. The molecule has 1 aliphatic heterocycles. The molecule has 0 aliphatic carbocycles. The average Bonchev–Trinajstić information content (AvgIpc) is 3.30. The first-order valence-electron chi connectivity index (χ1n) is 9.67. The first-order chi connectivity index (χ1) is 14.3. The van der Waals surface area contributed by atoms with E-state index in [1.807, 2.05) is 12.1 Å². The second kappa shape index (κ2) is 8.81. The fraction of sp³-hybridized carbons (Fsp3) is 0.333. The van der Waals surface area contributed by atoms with Gasteiger partial charge in [-0.25, -0.2) is 9.59 Å². The quantitative estimate of drug-likeness (QED) is 0.601. The van der Waals surface area contributed by atoms with E-state index in [0.29, 0.717) is 11.3 Å². The minimum Gasteiger partial charge on any atom is -0.467 e. The maximum absolute atomic E-state index is 12.9. The molecule has 1 atom stereocenters. The lowest BCUT2D eigenvalue weighted by Crippen LogP contribution is -2.46. The molecule has 1 unspecified atom stereocenters. The summed E-state index contributed by atoms with van der Waals surface area (Å²) in [5.41, 5.74) is 0.488. The molecule has 30 heavy (non-hydrogen) atoms. The SMILES string of the molecule is CCCc1ccc(C2(C)NC(=O)N(CC(=O)NC(=O)NCc3ccco3)C2=O)cc1. The van der Waals surface area contributed by atoms with Crippen molar-refractivity contribution < 1.29 is 23.6 Å². The zero-order valence-electron chi connectivity index (χ0n) is 16.9. The summed E-state index contributed by atoms with van der Waals surface area (Å²) in [6.07, 6.45) is 3.39. The van der Waals surface area contributed by atoms with Crippen LogP contribution in [-0.2, 0) is 28.1 Å². The molecule has 3 rings (SSSR count). The van der Waals surface area contributed by atoms with Crippen LogP contribution in [0.3, 0.4) is 0 Å². The number of furan rings is 1. The highest BCUT2D eigenvalue weighted by Gasteiger charge is 2.49. The van der Waals surface area contributed by atoms with Crippen LogP contribution in [0, 0.1) is 0 Å². The molecule has 1 aromatic carbocycles. The van der Waals surface area contributed by atoms with Crippen molar-refractivity contribution in [2.45, 2.75) is 38.8 Å². The molecule has 2 aromatic rings. The highest BCUT2D eigenvalue weighted by Crippen LogP contribution is 2.29. The molecule has 0 spiro atoms. The van der Waals surface area contributed by atoms with Gasteiger partial charge >= 0.3 is 12.1 Å². The number of hydrogen-bond acceptors (Lipinski definition) is 5. The fourth-order valence-electron chi connectivity index (χ4n) is 3.26. The Hall–Kier alpha value is -3.62. The van der Waals surface area contributed by atoms with Crippen LogP contribution in [0.2, 0.25) is 0 Å². The highest BCUT2D eigenvalue weighted by molar-refractivity contribution is 6.10. The van der Waals surface area contributed by atoms with Gasteiger partial charge in [-0.2, -0.15) is 0 Å². The summed E-state index contributed by atoms with van der Waals surface area (Å²) in [5, 5.41) is 7.19. The smallest absolute Gasteiger partial charge is 0.325 e. The van der Waals surface area contributed by atoms with Gasteiger partial charge in [0.1, 0.15) is 17.8 Å². The third kappa shape index (κ3) is 4.51. The van der Waals surface area contributed by atoms with E-state index in [1.54, 1.807) is 31.2 Å². The largest absolute Gasteiger partial charge is 0.467 e. The number of imide groups is 2. The lowest BCUT2D eigenvalue weighted by Gasteiger charge is -2.22. The number of nitrogens with zero attached hydrogens (tertiary/aromatic N) is 1. The van der Waals surface area contributed by atoms with E-state index in [-0.39, 0.29) is 6.54 Å². The van der Waals surface area contributed by atoms with Crippen LogP contribution in [0.1, 0.15) is 37.2 Å². The summed E-state index contributed by atoms with van der Waals surface area (Å²) < 4.78 is 5.08. The van der Waals surface area contributed by atoms with Crippen molar-refractivity contribution in [1.29, 1.82) is 0 Å². The molecule has 3 N–H and O–H groups in total. The Morgan fingerprint density at radius 1 is 1.17 bits per heavy atom. The Bertz CT molecular complexity index is 939. The Balaban J connectivity index is 1.59. The first kappa shape index (κ1) is 21.1. The summed E-state index contributed by atoms with van der Waals surface area (Å²) in [5.74, 6) is -0.813. The van der Waals surface area contributed by atoms with Crippen LogP contribution < -0.4 is 16.0 Å². The first-order valence-corrected chi connectivity index (χ1v) is 9.67. The van der Waals surface area contributed by atoms with Gasteiger partial charge in [-0.05, 0) is 36.6 Å². The van der Waals surface area contributed by atoms with E-state index < -0.39 is 36.0 Å². The number of carbonyl (C=O) groups is 4. The molecule has 0 saturated carbocycles. The number of aryl methyl sites for hydroxylation is 1. The minimum atomic E-state index is -1.27. The van der Waals surface area contributed by atoms with Gasteiger partial charge in [0.05, 0.1) is 12.8 Å². The fourth-order valence-corrected chi connectivity index (χ4v) is 3.26. The summed E-state index contributed by atoms with van der Waals surface area (Å²) >= 11 is 0. The number of hydrogen-bond donors (Lipinski definition) is 3. The lowest BCUT2D eigenvalue weighted by molar-refractivity contribution is -0.134. The van der Waals surface area contributed by atoms with Crippen molar-refractivity contribution in [3.05, 3.63) is 59.5 Å². The molecule has 0 radical (unpaired) electrons. The average molecular weight is 412 g/mol. The van der Waals surface area contributed by atoms with Crippen LogP contribution in [-0.4, -0.2) is 35.3 Å². The molecule has 1 fully saturated rings. The number of carbonyl (C=O) groups excluding carboxylic acids is 4. The minimum absolute atomic E-state index is 0.0986. The Kier molecular flexibility index (Phi) is 6.20. The summed E-state index contributed by atoms with van der Waals surface area (Å²) in [7, 11) is 0. The van der Waals surface area contributed by atoms with Crippen molar-refractivity contribution >= 4 is 23.9 Å². The topological polar surface area (TPSA) is 121 Å². The summed E-state index contributed by atoms with van der Waals surface area (Å²) in [6.45, 7) is 3.20. The van der Waals surface area contributed by atoms with Crippen LogP contribution >= 0.6 is 0 Å². The molecular weight excluding hydrogens is 388 g/mol. The van der Waals surface area contributed by atoms with Gasteiger partial charge in [-0.3, -0.25) is 19.8 Å². The predicted molar refractivity (Wildman–Crippen MR) is 107 cm³/mol. The van der Waals surface area contributed by atoms with Crippen molar-refractivity contribution in [3.63, 3.8) is 0 Å². The van der Waals surface area contributed by atoms with Gasteiger partial charge in [-0.1, -0.05) is 37.6 Å². The van der Waals surface area contributed by atoms with Crippen LogP contribution in [0.4, 0.5) is 9.59 Å². The molecule has 0 bridgehead atoms. The molecule has 158 valence electrons. The maximum Gasteiger partial charge on any atom is 0.325 e. The van der Waals surface area contributed by atoms with Crippen LogP contribution in [0.25, 0.3) is 0 Å². The third-order valence-electron chi connectivity index (χ3n) is 4.90. The zero-order valence-corrected chi connectivity index (χ0v) is 16.9. The van der Waals surface area contributed by atoms with Crippen molar-refractivity contribution in [2.75, 3.05) is 6.54 Å². The molecule has 1 aromatic heterocycles. The van der Waals surface area contributed by atoms with E-state index in [0.717, 1.165) is 23.3 Å². The van der Waals surface area contributed by atoms with E-state index in [4.69, 9.17) is 4.42 Å². The van der Waals surface area contributed by atoms with Gasteiger partial charge in [0, 0.05) is 0 Å². The number of urea groups is 2. The van der Waals surface area contributed by atoms with Gasteiger partial charge < -0.3 is 15.1 Å². The monoisotopic (exact) mass is 412 g/mol. The molecule has 1 aliphatic rings. The lowest BCUT2D eigenvalue weighted by atomic mass is 9.91. The Labute approximate surface area is 173 Å². The Morgan fingerprint density at radius 3 is 2.53 bits per heavy atom. The molecule has 9 nitrogen and oxygen atoms in total. The van der Waals surface area contributed by atoms with E-state index in [1.165, 1.54) is 6.26 Å². The molecule has 1 saturated heterocycles. The summed E-state index contributed by atoms with van der Waals surface area (Å²) in [6, 6.07) is 9.34. The third-order valence-corrected chi connectivity index (χ3v) is 4.90. The second-order valence-electron chi connectivity index (χ2n) is 7.20. The second-order valence-corrected chi connectivity index (χ2v) is 7.20. The maximum atomic E-state index is 12.9. The standard InChI is InChI=1S/C21H24N4O5/c1-3-5-14-7-9-15(10-8-14)21(2)18(27)25(20(29)24-21)13-17(26)23-19(28)22-12-16-6-4-11-30-16/h4,6-11H,3,5,12-13H2,1-2H3,(H,24,29)(H2,22,23,26,28). The zero-order chi connectivity index (χ0) is 21.7. The van der Waals surface area contributed by atoms with Gasteiger partial charge in [0.25, 0.3) is 5.91 Å². The molecule has 9 heteroatoms. The summed E-state index contributed by atoms with van der Waals surface area (Å²) in [4.78, 5) is 50.0. The van der Waals surface area contributed by atoms with E-state index in [9.17, 15) is 19.2 Å². The molecule has 6 amide bonds. The number of rotatable bonds is 7. The number of amides is 6. The van der Waals surface area contributed by atoms with E-state index in [2.05, 4.69) is 22.9 Å². The number of benzene rings is 1. The van der Waals surface area contributed by atoms with Crippen molar-refractivity contribution in [1.82, 2.24) is 20.9 Å². The van der Waals surface area contributed by atoms with Crippen LogP contribution in [0.5, 0.6) is 0 Å². The predicted octanol–water partition coefficient (Wildman–Crippen LogP) is 2.03. The van der Waals surface area contributed by atoms with Crippen molar-refractivity contribution in [2.24, 2.45) is 0 Å². The van der Waals surface area contributed by atoms with Crippen LogP contribution in [0.15, 0.2) is 47.1 Å². The van der Waals surface area contributed by atoms with Gasteiger partial charge in [0.2, 0.25) is 5.91 Å². The normalized spacial score (nSPS) is 18.3. The highest BCUT2D eigenvalue weighted by atomic mass is 16.3. The Morgan fingerprint density at radius 2 is 1.90 bits per heavy atom.